The van der Waals surface area contributed by atoms with E-state index < -0.39 is 24.3 Å². The van der Waals surface area contributed by atoms with E-state index in [2.05, 4.69) is 10.3 Å². The fourth-order valence-corrected chi connectivity index (χ4v) is 2.36. The number of hydrogen-bond donors (Lipinski definition) is 5. The Morgan fingerprint density at radius 3 is 1.86 bits per heavy atom. The number of nitrogens with two attached hydrogens (primary N) is 1. The van der Waals surface area contributed by atoms with Gasteiger partial charge in [-0.25, -0.2) is 9.59 Å². The highest BCUT2D eigenvalue weighted by Crippen LogP contribution is 2.21. The second-order valence-electron chi connectivity index (χ2n) is 6.50. The Kier molecular flexibility index (Phi) is 10.3. The zero-order valence-corrected chi connectivity index (χ0v) is 17.6. The first-order chi connectivity index (χ1) is 16.2. The molecule has 0 aliphatic rings. The molecule has 0 bridgehead atoms. The van der Waals surface area contributed by atoms with Gasteiger partial charge in [0, 0.05) is 29.9 Å². The number of pyridine rings is 1. The molecule has 0 aliphatic heterocycles. The smallest absolute Gasteiger partial charge is 0.475 e. The minimum absolute atomic E-state index is 0.0808. The predicted octanol–water partition coefficient (Wildman–Crippen LogP) is 3.83. The molecule has 0 aliphatic carbocycles. The molecule has 3 aromatic rings. The number of rotatable bonds is 4. The molecular weight excluding hydrogens is 488 g/mol. The van der Waals surface area contributed by atoms with Crippen molar-refractivity contribution in [2.24, 2.45) is 5.73 Å². The highest BCUT2D eigenvalue weighted by Gasteiger charge is 2.38. The largest absolute Gasteiger partial charge is 0.490 e. The fraction of sp³-hybridized carbons (Fsp3) is 0.190. The zero-order valence-electron chi connectivity index (χ0n) is 17.6. The summed E-state index contributed by atoms with van der Waals surface area (Å²) in [6.07, 6.45) is -10.2. The molecule has 0 radical (unpaired) electrons. The molecule has 0 spiro atoms. The summed E-state index contributed by atoms with van der Waals surface area (Å²) >= 11 is 0. The predicted molar refractivity (Wildman–Crippen MR) is 115 cm³/mol. The third-order valence-corrected chi connectivity index (χ3v) is 3.89. The Hall–Kier alpha value is -4.07. The van der Waals surface area contributed by atoms with E-state index in [4.69, 9.17) is 25.5 Å². The van der Waals surface area contributed by atoms with Crippen LogP contribution in [0.2, 0.25) is 0 Å². The second-order valence-corrected chi connectivity index (χ2v) is 6.50. The number of carboxylic acids is 2. The average Bonchev–Trinajstić information content (AvgIpc) is 2.78. The van der Waals surface area contributed by atoms with Gasteiger partial charge in [-0.15, -0.1) is 0 Å². The Balaban J connectivity index is 0.000000362. The molecule has 6 N–H and O–H groups in total. The lowest BCUT2D eigenvalue weighted by molar-refractivity contribution is -0.193. The van der Waals surface area contributed by atoms with E-state index in [1.807, 2.05) is 54.6 Å². The van der Waals surface area contributed by atoms with Gasteiger partial charge in [0.1, 0.15) is 0 Å². The van der Waals surface area contributed by atoms with Crippen molar-refractivity contribution in [3.8, 4) is 11.3 Å². The fourth-order valence-electron chi connectivity index (χ4n) is 2.36. The molecule has 0 atom stereocenters. The zero-order chi connectivity index (χ0) is 26.8. The molecule has 3 rings (SSSR count). The Bertz CT molecular complexity index is 1170. The molecule has 0 saturated carbocycles. The number of aromatic nitrogens is 1. The highest BCUT2D eigenvalue weighted by atomic mass is 19.4. The minimum atomic E-state index is -5.08. The van der Waals surface area contributed by atoms with Crippen LogP contribution < -0.4 is 16.6 Å². The lowest BCUT2D eigenvalue weighted by atomic mass is 10.1. The first-order valence-corrected chi connectivity index (χ1v) is 9.43. The number of aliphatic carboxylic acids is 2. The summed E-state index contributed by atoms with van der Waals surface area (Å²) in [4.78, 5) is 33.0. The molecule has 2 aromatic carbocycles. The van der Waals surface area contributed by atoms with Crippen molar-refractivity contribution >= 4 is 28.4 Å². The van der Waals surface area contributed by atoms with Crippen LogP contribution in [0, 0.1) is 0 Å². The van der Waals surface area contributed by atoms with Gasteiger partial charge < -0.3 is 26.2 Å². The normalized spacial score (nSPS) is 10.9. The van der Waals surface area contributed by atoms with Crippen LogP contribution in [0.5, 0.6) is 0 Å². The standard InChI is InChI=1S/C17H17N3O.2C2HF3O2/c18-8-9-19-14-7-6-13-10-16(12-4-2-1-3-5-12)20-17(21)15(13)11-14;2*3-2(4,5)1(6)7/h1-7,10-11,19H,8-9,18H2,(H,20,21);2*(H,6,7). The highest BCUT2D eigenvalue weighted by molar-refractivity contribution is 5.87. The van der Waals surface area contributed by atoms with E-state index in [0.717, 1.165) is 22.3 Å². The number of anilines is 1. The van der Waals surface area contributed by atoms with Crippen LogP contribution in [0.4, 0.5) is 32.0 Å². The summed E-state index contributed by atoms with van der Waals surface area (Å²) < 4.78 is 63.5. The third kappa shape index (κ3) is 9.75. The van der Waals surface area contributed by atoms with Gasteiger partial charge in [-0.1, -0.05) is 36.4 Å². The molecule has 0 saturated heterocycles. The van der Waals surface area contributed by atoms with E-state index in [-0.39, 0.29) is 5.56 Å². The molecule has 0 fully saturated rings. The second kappa shape index (κ2) is 12.4. The summed E-state index contributed by atoms with van der Waals surface area (Å²) in [7, 11) is 0. The van der Waals surface area contributed by atoms with Crippen LogP contribution in [0.3, 0.4) is 0 Å². The van der Waals surface area contributed by atoms with Crippen LogP contribution in [0.25, 0.3) is 22.0 Å². The number of carboxylic acid groups (broad SMARTS) is 2. The van der Waals surface area contributed by atoms with Crippen molar-refractivity contribution in [3.63, 3.8) is 0 Å². The van der Waals surface area contributed by atoms with E-state index in [0.29, 0.717) is 18.5 Å². The molecule has 0 amide bonds. The number of fused-ring (bicyclic) bond motifs is 1. The maximum absolute atomic E-state index is 12.3. The molecule has 14 heteroatoms. The van der Waals surface area contributed by atoms with Gasteiger partial charge in [0.2, 0.25) is 0 Å². The van der Waals surface area contributed by atoms with Gasteiger partial charge in [-0.2, -0.15) is 26.3 Å². The van der Waals surface area contributed by atoms with Gasteiger partial charge in [0.25, 0.3) is 5.56 Å². The lowest BCUT2D eigenvalue weighted by Gasteiger charge is -2.07. The molecule has 8 nitrogen and oxygen atoms in total. The van der Waals surface area contributed by atoms with Gasteiger partial charge >= 0.3 is 24.3 Å². The average molecular weight is 507 g/mol. The van der Waals surface area contributed by atoms with Crippen molar-refractivity contribution < 1.29 is 46.1 Å². The third-order valence-electron chi connectivity index (χ3n) is 3.89. The van der Waals surface area contributed by atoms with Crippen LogP contribution in [-0.4, -0.2) is 52.6 Å². The Morgan fingerprint density at radius 1 is 0.886 bits per heavy atom. The number of H-pyrrole nitrogens is 1. The van der Waals surface area contributed by atoms with Crippen LogP contribution in [0.15, 0.2) is 59.4 Å². The SMILES string of the molecule is NCCNc1ccc2cc(-c3ccccc3)[nH]c(=O)c2c1.O=C(O)C(F)(F)F.O=C(O)C(F)(F)F. The van der Waals surface area contributed by atoms with Gasteiger partial charge in [-0.05, 0) is 29.1 Å². The minimum Gasteiger partial charge on any atom is -0.475 e. The number of halogens is 6. The Morgan fingerprint density at radius 2 is 1.40 bits per heavy atom. The van der Waals surface area contributed by atoms with E-state index >= 15 is 0 Å². The van der Waals surface area contributed by atoms with Crippen LogP contribution in [0.1, 0.15) is 0 Å². The quantitative estimate of drug-likeness (QED) is 0.338. The first-order valence-electron chi connectivity index (χ1n) is 9.43. The monoisotopic (exact) mass is 507 g/mol. The summed E-state index contributed by atoms with van der Waals surface area (Å²) in [5.74, 6) is -5.51. The molecule has 35 heavy (non-hydrogen) atoms. The van der Waals surface area contributed by atoms with Crippen molar-refractivity contribution in [1.29, 1.82) is 0 Å². The molecule has 1 heterocycles. The topological polar surface area (TPSA) is 146 Å². The summed E-state index contributed by atoms with van der Waals surface area (Å²) in [5, 5.41) is 19.0. The van der Waals surface area contributed by atoms with E-state index in [1.165, 1.54) is 0 Å². The number of carbonyl (C=O) groups is 2. The summed E-state index contributed by atoms with van der Waals surface area (Å²) in [6, 6.07) is 17.6. The van der Waals surface area contributed by atoms with Crippen LogP contribution in [-0.2, 0) is 9.59 Å². The molecule has 190 valence electrons. The number of benzene rings is 2. The summed E-state index contributed by atoms with van der Waals surface area (Å²) in [6.45, 7) is 1.24. The number of hydrogen-bond acceptors (Lipinski definition) is 5. The van der Waals surface area contributed by atoms with Crippen molar-refractivity contribution in [1.82, 2.24) is 4.98 Å². The van der Waals surface area contributed by atoms with Gasteiger partial charge in [0.15, 0.2) is 0 Å². The van der Waals surface area contributed by atoms with Gasteiger partial charge in [-0.3, -0.25) is 4.79 Å². The van der Waals surface area contributed by atoms with Crippen molar-refractivity contribution in [3.05, 3.63) is 65.0 Å². The first kappa shape index (κ1) is 29.0. The van der Waals surface area contributed by atoms with Gasteiger partial charge in [0.05, 0.1) is 0 Å². The number of nitrogens with one attached hydrogen (secondary N) is 2. The maximum atomic E-state index is 12.3. The number of aromatic amines is 1. The molecular formula is C21H19F6N3O5. The van der Waals surface area contributed by atoms with E-state index in [1.54, 1.807) is 0 Å². The lowest BCUT2D eigenvalue weighted by Crippen LogP contribution is -2.21. The number of alkyl halides is 6. The summed E-state index contributed by atoms with van der Waals surface area (Å²) in [5.41, 5.74) is 8.13. The van der Waals surface area contributed by atoms with Crippen molar-refractivity contribution in [2.45, 2.75) is 12.4 Å². The van der Waals surface area contributed by atoms with Crippen molar-refractivity contribution in [2.75, 3.05) is 18.4 Å². The van der Waals surface area contributed by atoms with E-state index in [9.17, 15) is 31.1 Å². The molecule has 0 unspecified atom stereocenters. The van der Waals surface area contributed by atoms with Crippen LogP contribution >= 0.6 is 0 Å². The Labute approximate surface area is 193 Å². The maximum Gasteiger partial charge on any atom is 0.490 e. The molecule has 1 aromatic heterocycles.